The van der Waals surface area contributed by atoms with E-state index < -0.39 is 72.4 Å². The van der Waals surface area contributed by atoms with Crippen LogP contribution in [0.15, 0.2) is 12.5 Å². The van der Waals surface area contributed by atoms with Crippen molar-refractivity contribution in [2.45, 2.75) is 69.1 Å². The average Bonchev–Trinajstić information content (AvgIpc) is 3.34. The minimum absolute atomic E-state index is 0.0230. The van der Waals surface area contributed by atoms with Gasteiger partial charge in [0.25, 0.3) is 0 Å². The normalized spacial score (nSPS) is 14.2. The van der Waals surface area contributed by atoms with Crippen LogP contribution in [0, 0.1) is 0 Å². The van der Waals surface area contributed by atoms with E-state index in [0.29, 0.717) is 5.69 Å². The molecular formula is C21H32N8O8. The highest BCUT2D eigenvalue weighted by molar-refractivity contribution is 5.93. The molecule has 0 aliphatic carbocycles. The highest BCUT2D eigenvalue weighted by atomic mass is 16.4. The highest BCUT2D eigenvalue weighted by Gasteiger charge is 2.28. The topological polar surface area (TPSA) is 283 Å². The summed E-state index contributed by atoms with van der Waals surface area (Å²) in [5, 5.41) is 15.8. The van der Waals surface area contributed by atoms with Crippen LogP contribution in [-0.2, 0) is 40.0 Å². The maximum absolute atomic E-state index is 12.9. The number of aromatic amines is 1. The van der Waals surface area contributed by atoms with Crippen LogP contribution < -0.4 is 33.2 Å². The van der Waals surface area contributed by atoms with Gasteiger partial charge in [-0.05, 0) is 19.3 Å². The third-order valence-electron chi connectivity index (χ3n) is 5.15. The van der Waals surface area contributed by atoms with E-state index in [2.05, 4.69) is 25.9 Å². The second-order valence-corrected chi connectivity index (χ2v) is 8.09. The summed E-state index contributed by atoms with van der Waals surface area (Å²) >= 11 is 0. The number of primary amides is 2. The minimum Gasteiger partial charge on any atom is -0.481 e. The number of carboxylic acid groups (broad SMARTS) is 1. The largest absolute Gasteiger partial charge is 0.481 e. The second-order valence-electron chi connectivity index (χ2n) is 8.09. The number of nitrogens with zero attached hydrogens (tertiary/aromatic N) is 1. The van der Waals surface area contributed by atoms with Gasteiger partial charge in [-0.15, -0.1) is 0 Å². The SMILES string of the molecule is [3H]C(=O)CCC(NC(=O)C(CCC(=O)NC(Cc1cnc[nH]1)C(N)=O)NC(=O)C(N)CCC(=O)O)C(N)=O. The van der Waals surface area contributed by atoms with E-state index in [1.807, 2.05) is 0 Å². The van der Waals surface area contributed by atoms with Crippen LogP contribution in [0.3, 0.4) is 0 Å². The van der Waals surface area contributed by atoms with Gasteiger partial charge in [0.1, 0.15) is 25.8 Å². The number of H-pyrrole nitrogens is 1. The summed E-state index contributed by atoms with van der Waals surface area (Å²) in [6.07, 6.45) is -0.158. The maximum atomic E-state index is 12.9. The Morgan fingerprint density at radius 1 is 0.973 bits per heavy atom. The van der Waals surface area contributed by atoms with Gasteiger partial charge in [-0.25, -0.2) is 4.98 Å². The molecule has 0 aliphatic rings. The van der Waals surface area contributed by atoms with Gasteiger partial charge in [0.05, 0.1) is 12.4 Å². The van der Waals surface area contributed by atoms with Crippen LogP contribution in [0.4, 0.5) is 0 Å². The molecule has 0 bridgehead atoms. The first-order valence-electron chi connectivity index (χ1n) is 11.7. The van der Waals surface area contributed by atoms with Crippen molar-refractivity contribution >= 4 is 41.8 Å². The summed E-state index contributed by atoms with van der Waals surface area (Å²) in [6.45, 7) is 0. The highest BCUT2D eigenvalue weighted by Crippen LogP contribution is 2.05. The van der Waals surface area contributed by atoms with Crippen LogP contribution in [0.25, 0.3) is 0 Å². The zero-order valence-electron chi connectivity index (χ0n) is 20.9. The molecule has 0 aliphatic heterocycles. The lowest BCUT2D eigenvalue weighted by molar-refractivity contribution is -0.137. The molecule has 0 spiro atoms. The molecule has 11 N–H and O–H groups in total. The summed E-state index contributed by atoms with van der Waals surface area (Å²) in [4.78, 5) is 89.5. The molecule has 4 atom stereocenters. The predicted molar refractivity (Wildman–Crippen MR) is 126 cm³/mol. The lowest BCUT2D eigenvalue weighted by atomic mass is 10.1. The van der Waals surface area contributed by atoms with Crippen molar-refractivity contribution in [2.24, 2.45) is 17.2 Å². The molecule has 0 radical (unpaired) electrons. The molecular weight excluding hydrogens is 492 g/mol. The van der Waals surface area contributed by atoms with E-state index in [9.17, 15) is 33.6 Å². The number of hydrogen-bond acceptors (Lipinski definition) is 9. The molecule has 1 aromatic heterocycles. The van der Waals surface area contributed by atoms with E-state index in [0.717, 1.165) is 0 Å². The molecule has 0 aromatic carbocycles. The minimum atomic E-state index is -1.43. The molecule has 0 saturated heterocycles. The number of imidazole rings is 1. The zero-order chi connectivity index (χ0) is 28.8. The Hall–Kier alpha value is -4.34. The number of nitrogens with one attached hydrogen (secondary N) is 4. The molecule has 37 heavy (non-hydrogen) atoms. The van der Waals surface area contributed by atoms with Gasteiger partial charge < -0.3 is 48.0 Å². The quantitative estimate of drug-likeness (QED) is 0.0867. The number of aliphatic carboxylic acids is 1. The molecule has 1 rings (SSSR count). The fourth-order valence-corrected chi connectivity index (χ4v) is 3.10. The Morgan fingerprint density at radius 3 is 2.16 bits per heavy atom. The van der Waals surface area contributed by atoms with E-state index >= 15 is 0 Å². The van der Waals surface area contributed by atoms with Crippen molar-refractivity contribution in [3.8, 4) is 0 Å². The first-order chi connectivity index (χ1) is 17.8. The molecule has 16 nitrogen and oxygen atoms in total. The summed E-state index contributed by atoms with van der Waals surface area (Å²) < 4.78 is 6.95. The predicted octanol–water partition coefficient (Wildman–Crippen LogP) is -3.67. The number of aldehydes is 1. The molecule has 5 amide bonds. The standard InChI is InChI=1S/C21H32N8O8/c22-12(3-6-17(32)33)20(36)29-14(21(37)28-13(18(23)34)2-1-7-30)4-5-16(31)27-15(19(24)35)8-11-9-25-10-26-11/h7,9-10,12-15H,1-6,8,22H2,(H2,23,34)(H2,24,35)(H,25,26)(H,27,31)(H,28,37)(H,29,36)(H,32,33)/i7T. The van der Waals surface area contributed by atoms with Crippen LogP contribution in [0.1, 0.15) is 45.6 Å². The van der Waals surface area contributed by atoms with Crippen molar-refractivity contribution in [1.29, 1.82) is 0 Å². The third-order valence-corrected chi connectivity index (χ3v) is 5.15. The number of carbonyl (C=O) groups is 7. The van der Waals surface area contributed by atoms with E-state index in [4.69, 9.17) is 23.7 Å². The molecule has 1 aromatic rings. The van der Waals surface area contributed by atoms with Gasteiger partial charge in [0.15, 0.2) is 0 Å². The Morgan fingerprint density at radius 2 is 1.62 bits per heavy atom. The number of amides is 5. The van der Waals surface area contributed by atoms with Gasteiger partial charge in [-0.1, -0.05) is 0 Å². The first-order valence-corrected chi connectivity index (χ1v) is 11.2. The van der Waals surface area contributed by atoms with Crippen molar-refractivity contribution in [3.63, 3.8) is 0 Å². The fourth-order valence-electron chi connectivity index (χ4n) is 3.10. The zero-order valence-corrected chi connectivity index (χ0v) is 19.9. The Labute approximate surface area is 212 Å². The van der Waals surface area contributed by atoms with Gasteiger partial charge in [-0.3, -0.25) is 28.8 Å². The number of rotatable bonds is 18. The van der Waals surface area contributed by atoms with Gasteiger partial charge in [0.2, 0.25) is 29.5 Å². The monoisotopic (exact) mass is 526 g/mol. The van der Waals surface area contributed by atoms with Crippen molar-refractivity contribution in [1.82, 2.24) is 25.9 Å². The summed E-state index contributed by atoms with van der Waals surface area (Å²) in [5.41, 5.74) is 16.8. The second kappa shape index (κ2) is 15.6. The molecule has 204 valence electrons. The smallest absolute Gasteiger partial charge is 0.303 e. The Kier molecular flexibility index (Phi) is 12.2. The summed E-state index contributed by atoms with van der Waals surface area (Å²) in [6, 6.07) is -5.18. The van der Waals surface area contributed by atoms with Crippen molar-refractivity contribution < 1.29 is 40.0 Å². The first kappa shape index (κ1) is 28.9. The third kappa shape index (κ3) is 11.8. The van der Waals surface area contributed by atoms with E-state index in [-0.39, 0.29) is 38.5 Å². The lowest BCUT2D eigenvalue weighted by Gasteiger charge is -2.23. The average molecular weight is 527 g/mol. The van der Waals surface area contributed by atoms with Crippen LogP contribution >= 0.6 is 0 Å². The number of aromatic nitrogens is 2. The van der Waals surface area contributed by atoms with Crippen LogP contribution in [0.2, 0.25) is 0 Å². The number of carboxylic acids is 1. The summed E-state index contributed by atoms with van der Waals surface area (Å²) in [5.74, 6) is -5.54. The summed E-state index contributed by atoms with van der Waals surface area (Å²) in [7, 11) is 0. The number of nitrogens with two attached hydrogens (primary N) is 3. The maximum Gasteiger partial charge on any atom is 0.303 e. The fraction of sp³-hybridized carbons (Fsp3) is 0.524. The lowest BCUT2D eigenvalue weighted by Crippen LogP contribution is -2.55. The van der Waals surface area contributed by atoms with E-state index in [1.165, 1.54) is 12.5 Å². The van der Waals surface area contributed by atoms with Crippen molar-refractivity contribution in [3.05, 3.63) is 18.2 Å². The van der Waals surface area contributed by atoms with Crippen molar-refractivity contribution in [2.75, 3.05) is 0 Å². The van der Waals surface area contributed by atoms with E-state index in [1.54, 1.807) is 0 Å². The number of carbonyl (C=O) groups excluding carboxylic acids is 6. The van der Waals surface area contributed by atoms with Gasteiger partial charge in [0, 0.05) is 37.6 Å². The molecule has 4 unspecified atom stereocenters. The molecule has 1 heterocycles. The Bertz CT molecular complexity index is 1020. The Balaban J connectivity index is 2.92. The van der Waals surface area contributed by atoms with Gasteiger partial charge >= 0.3 is 5.97 Å². The molecule has 0 saturated carbocycles. The van der Waals surface area contributed by atoms with Crippen LogP contribution in [0.5, 0.6) is 0 Å². The molecule has 0 fully saturated rings. The molecule has 16 heteroatoms. The number of hydrogen-bond donors (Lipinski definition) is 8. The van der Waals surface area contributed by atoms with Gasteiger partial charge in [-0.2, -0.15) is 0 Å². The van der Waals surface area contributed by atoms with Crippen LogP contribution in [-0.4, -0.2) is 81.0 Å².